The molecule has 1 amide bonds. The largest absolute Gasteiger partial charge is 0.379 e. The fraction of sp³-hybridized carbons (Fsp3) is 0.417. The number of thioether (sulfide) groups is 1. The summed E-state index contributed by atoms with van der Waals surface area (Å²) in [6, 6.07) is 14.5. The minimum atomic E-state index is -3.41. The summed E-state index contributed by atoms with van der Waals surface area (Å²) in [6.45, 7) is 4.32. The van der Waals surface area contributed by atoms with Crippen LogP contribution in [0.1, 0.15) is 12.8 Å². The fourth-order valence-electron chi connectivity index (χ4n) is 3.82. The lowest BCUT2D eigenvalue weighted by molar-refractivity contribution is -0.118. The lowest BCUT2D eigenvalue weighted by Crippen LogP contribution is -2.43. The average molecular weight is 520 g/mol. The molecule has 0 bridgehead atoms. The number of benzene rings is 2. The van der Waals surface area contributed by atoms with Crippen molar-refractivity contribution in [2.45, 2.75) is 22.6 Å². The summed E-state index contributed by atoms with van der Waals surface area (Å²) in [4.78, 5) is 23.5. The van der Waals surface area contributed by atoms with Gasteiger partial charge in [-0.3, -0.25) is 14.6 Å². The molecule has 0 radical (unpaired) electrons. The molecule has 1 aliphatic rings. The van der Waals surface area contributed by atoms with Gasteiger partial charge in [0.15, 0.2) is 15.0 Å². The first kappa shape index (κ1) is 25.1. The van der Waals surface area contributed by atoms with E-state index in [0.29, 0.717) is 29.8 Å². The van der Waals surface area contributed by atoms with E-state index >= 15 is 0 Å². The third-order valence-corrected chi connectivity index (χ3v) is 9.35. The number of amides is 1. The number of hydrogen-bond acceptors (Lipinski definition) is 8. The van der Waals surface area contributed by atoms with Crippen molar-refractivity contribution in [3.8, 4) is 0 Å². The van der Waals surface area contributed by atoms with E-state index in [1.54, 1.807) is 47.0 Å². The molecule has 182 valence electrons. The maximum Gasteiger partial charge on any atom is 0.228 e. The van der Waals surface area contributed by atoms with E-state index < -0.39 is 9.84 Å². The molecule has 10 heteroatoms. The molecule has 1 fully saturated rings. The molecule has 7 nitrogen and oxygen atoms in total. The monoisotopic (exact) mass is 519 g/mol. The lowest BCUT2D eigenvalue weighted by Gasteiger charge is -2.29. The van der Waals surface area contributed by atoms with Gasteiger partial charge in [0.25, 0.3) is 0 Å². The Balaban J connectivity index is 1.47. The van der Waals surface area contributed by atoms with Gasteiger partial charge < -0.3 is 4.74 Å². The van der Waals surface area contributed by atoms with E-state index in [2.05, 4.69) is 11.0 Å². The van der Waals surface area contributed by atoms with Crippen molar-refractivity contribution in [3.05, 3.63) is 48.5 Å². The van der Waals surface area contributed by atoms with Crippen LogP contribution in [0.3, 0.4) is 0 Å². The standard InChI is InChI=1S/C24H29N3O4S3/c1-32-19-9-10-21-22(18-19)33-24(25-21)27(12-11-26-13-15-31-16-14-26)23(28)8-5-17-34(29,30)20-6-3-2-4-7-20/h2-4,6-7,9-10,18H,5,8,11-17H2,1H3. The molecule has 0 N–H and O–H groups in total. The fourth-order valence-corrected chi connectivity index (χ4v) is 6.72. The first-order chi connectivity index (χ1) is 16.5. The summed E-state index contributed by atoms with van der Waals surface area (Å²) in [7, 11) is -3.41. The van der Waals surface area contributed by atoms with Crippen LogP contribution in [0.4, 0.5) is 5.13 Å². The van der Waals surface area contributed by atoms with Crippen molar-refractivity contribution in [1.29, 1.82) is 0 Å². The average Bonchev–Trinajstić information content (AvgIpc) is 3.28. The number of morpholine rings is 1. The van der Waals surface area contributed by atoms with Gasteiger partial charge in [-0.05, 0) is 43.0 Å². The van der Waals surface area contributed by atoms with Crippen LogP contribution in [0.2, 0.25) is 0 Å². The molecule has 1 aromatic heterocycles. The molecule has 0 saturated carbocycles. The molecular weight excluding hydrogens is 490 g/mol. The van der Waals surface area contributed by atoms with Crippen LogP contribution in [0.25, 0.3) is 10.2 Å². The van der Waals surface area contributed by atoms with Crippen LogP contribution in [0, 0.1) is 0 Å². The molecule has 0 aliphatic carbocycles. The summed E-state index contributed by atoms with van der Waals surface area (Å²) in [5.41, 5.74) is 0.869. The van der Waals surface area contributed by atoms with Crippen molar-refractivity contribution < 1.29 is 17.9 Å². The third kappa shape index (κ3) is 6.37. The number of anilines is 1. The SMILES string of the molecule is CSc1ccc2nc(N(CCN3CCOCC3)C(=O)CCCS(=O)(=O)c3ccccc3)sc2c1. The minimum Gasteiger partial charge on any atom is -0.379 e. The number of fused-ring (bicyclic) bond motifs is 1. The Labute approximate surface area is 209 Å². The number of nitrogens with zero attached hydrogens (tertiary/aromatic N) is 3. The Morgan fingerprint density at radius 1 is 1.18 bits per heavy atom. The molecule has 34 heavy (non-hydrogen) atoms. The summed E-state index contributed by atoms with van der Waals surface area (Å²) >= 11 is 3.18. The zero-order valence-electron chi connectivity index (χ0n) is 19.2. The highest BCUT2D eigenvalue weighted by molar-refractivity contribution is 7.98. The van der Waals surface area contributed by atoms with E-state index in [1.807, 2.05) is 18.4 Å². The van der Waals surface area contributed by atoms with Crippen LogP contribution in [0.15, 0.2) is 58.3 Å². The Kier molecular flexibility index (Phi) is 8.60. The van der Waals surface area contributed by atoms with E-state index in [4.69, 9.17) is 9.72 Å². The van der Waals surface area contributed by atoms with Gasteiger partial charge in [-0.2, -0.15) is 0 Å². The molecule has 0 spiro atoms. The maximum atomic E-state index is 13.3. The smallest absolute Gasteiger partial charge is 0.228 e. The number of hydrogen-bond donors (Lipinski definition) is 0. The zero-order valence-corrected chi connectivity index (χ0v) is 21.6. The number of carbonyl (C=O) groups is 1. The highest BCUT2D eigenvalue weighted by atomic mass is 32.2. The second-order valence-corrected chi connectivity index (χ2v) is 12.1. The Bertz CT molecular complexity index is 1210. The van der Waals surface area contributed by atoms with Crippen LogP contribution in [0.5, 0.6) is 0 Å². The van der Waals surface area contributed by atoms with Crippen molar-refractivity contribution in [2.24, 2.45) is 0 Å². The van der Waals surface area contributed by atoms with Gasteiger partial charge in [0.1, 0.15) is 0 Å². The molecule has 1 saturated heterocycles. The van der Waals surface area contributed by atoms with Crippen LogP contribution < -0.4 is 4.90 Å². The number of ether oxygens (including phenoxy) is 1. The Morgan fingerprint density at radius 3 is 2.68 bits per heavy atom. The molecule has 4 rings (SSSR count). The second-order valence-electron chi connectivity index (χ2n) is 8.06. The first-order valence-corrected chi connectivity index (χ1v) is 15.0. The number of rotatable bonds is 10. The quantitative estimate of drug-likeness (QED) is 0.376. The van der Waals surface area contributed by atoms with Crippen molar-refractivity contribution in [2.75, 3.05) is 56.3 Å². The zero-order chi connectivity index (χ0) is 24.0. The normalized spacial score (nSPS) is 15.0. The number of sulfone groups is 1. The topological polar surface area (TPSA) is 79.8 Å². The van der Waals surface area contributed by atoms with E-state index in [0.717, 1.165) is 34.7 Å². The Morgan fingerprint density at radius 2 is 1.94 bits per heavy atom. The molecule has 0 unspecified atom stereocenters. The van der Waals surface area contributed by atoms with Crippen molar-refractivity contribution >= 4 is 54.2 Å². The Hall–Kier alpha value is -1.98. The summed E-state index contributed by atoms with van der Waals surface area (Å²) in [5.74, 6) is -0.155. The highest BCUT2D eigenvalue weighted by Gasteiger charge is 2.23. The summed E-state index contributed by atoms with van der Waals surface area (Å²) in [6.07, 6.45) is 2.46. The van der Waals surface area contributed by atoms with Crippen molar-refractivity contribution in [1.82, 2.24) is 9.88 Å². The second kappa shape index (κ2) is 11.6. The summed E-state index contributed by atoms with van der Waals surface area (Å²) in [5, 5.41) is 0.664. The molecule has 0 atom stereocenters. The van der Waals surface area contributed by atoms with Gasteiger partial charge in [0.2, 0.25) is 5.91 Å². The first-order valence-electron chi connectivity index (χ1n) is 11.3. The molecule has 2 heterocycles. The van der Waals surface area contributed by atoms with Crippen molar-refractivity contribution in [3.63, 3.8) is 0 Å². The third-order valence-electron chi connectivity index (χ3n) is 5.77. The van der Waals surface area contributed by atoms with Gasteiger partial charge in [-0.15, -0.1) is 11.8 Å². The molecule has 2 aromatic carbocycles. The van der Waals surface area contributed by atoms with Gasteiger partial charge >= 0.3 is 0 Å². The molecule has 1 aliphatic heterocycles. The predicted molar refractivity (Wildman–Crippen MR) is 139 cm³/mol. The molecule has 3 aromatic rings. The summed E-state index contributed by atoms with van der Waals surface area (Å²) < 4.78 is 31.7. The molecular formula is C24H29N3O4S3. The minimum absolute atomic E-state index is 0.0585. The number of carbonyl (C=O) groups excluding carboxylic acids is 1. The van der Waals surface area contributed by atoms with Crippen LogP contribution in [-0.2, 0) is 19.4 Å². The van der Waals surface area contributed by atoms with Gasteiger partial charge in [-0.1, -0.05) is 29.5 Å². The van der Waals surface area contributed by atoms with Gasteiger partial charge in [0.05, 0.1) is 34.1 Å². The van der Waals surface area contributed by atoms with Gasteiger partial charge in [0, 0.05) is 37.5 Å². The predicted octanol–water partition coefficient (Wildman–Crippen LogP) is 3.94. The van der Waals surface area contributed by atoms with E-state index in [1.165, 1.54) is 11.3 Å². The van der Waals surface area contributed by atoms with E-state index in [-0.39, 0.29) is 24.5 Å². The van der Waals surface area contributed by atoms with Gasteiger partial charge in [-0.25, -0.2) is 13.4 Å². The van der Waals surface area contributed by atoms with Crippen LogP contribution >= 0.6 is 23.1 Å². The maximum absolute atomic E-state index is 13.3. The lowest BCUT2D eigenvalue weighted by atomic mass is 10.3. The number of aromatic nitrogens is 1. The number of thiazole rings is 1. The highest BCUT2D eigenvalue weighted by Crippen LogP contribution is 2.32. The van der Waals surface area contributed by atoms with E-state index in [9.17, 15) is 13.2 Å². The van der Waals surface area contributed by atoms with Crippen LogP contribution in [-0.4, -0.2) is 75.6 Å².